The summed E-state index contributed by atoms with van der Waals surface area (Å²) in [5.41, 5.74) is -0.446. The summed E-state index contributed by atoms with van der Waals surface area (Å²) < 4.78 is 13.7. The van der Waals surface area contributed by atoms with E-state index in [1.54, 1.807) is 7.05 Å². The Morgan fingerprint density at radius 1 is 1.39 bits per heavy atom. The third-order valence-corrected chi connectivity index (χ3v) is 3.46. The van der Waals surface area contributed by atoms with Gasteiger partial charge in [-0.2, -0.15) is 4.98 Å². The van der Waals surface area contributed by atoms with Crippen LogP contribution in [0, 0.1) is 5.82 Å². The molecule has 2 rings (SSSR count). The SMILES string of the molecule is CNc1ncc(F)c(NC2(CO)CCCCC2)n1. The van der Waals surface area contributed by atoms with Crippen molar-refractivity contribution in [2.75, 3.05) is 24.3 Å². The molecule has 1 aromatic heterocycles. The first-order valence-electron chi connectivity index (χ1n) is 6.28. The summed E-state index contributed by atoms with van der Waals surface area (Å²) >= 11 is 0. The van der Waals surface area contributed by atoms with Crippen LogP contribution in [0.15, 0.2) is 6.20 Å². The largest absolute Gasteiger partial charge is 0.394 e. The zero-order chi connectivity index (χ0) is 13.0. The van der Waals surface area contributed by atoms with Crippen LogP contribution in [0.3, 0.4) is 0 Å². The van der Waals surface area contributed by atoms with Gasteiger partial charge in [0, 0.05) is 7.05 Å². The smallest absolute Gasteiger partial charge is 0.224 e. The van der Waals surface area contributed by atoms with Gasteiger partial charge in [0.25, 0.3) is 0 Å². The highest BCUT2D eigenvalue weighted by molar-refractivity contribution is 5.43. The van der Waals surface area contributed by atoms with Crippen molar-refractivity contribution in [1.82, 2.24) is 9.97 Å². The van der Waals surface area contributed by atoms with Crippen LogP contribution >= 0.6 is 0 Å². The second-order valence-corrected chi connectivity index (χ2v) is 4.76. The van der Waals surface area contributed by atoms with Crippen LogP contribution in [-0.4, -0.2) is 34.3 Å². The molecule has 0 bridgehead atoms. The summed E-state index contributed by atoms with van der Waals surface area (Å²) in [5.74, 6) is 0.0282. The first kappa shape index (κ1) is 13.0. The molecule has 1 aliphatic carbocycles. The molecule has 18 heavy (non-hydrogen) atoms. The lowest BCUT2D eigenvalue weighted by Gasteiger charge is -2.37. The maximum absolute atomic E-state index is 13.7. The number of halogens is 1. The van der Waals surface area contributed by atoms with Crippen molar-refractivity contribution in [2.24, 2.45) is 0 Å². The van der Waals surface area contributed by atoms with E-state index in [0.29, 0.717) is 5.95 Å². The third-order valence-electron chi connectivity index (χ3n) is 3.46. The fraction of sp³-hybridized carbons (Fsp3) is 0.667. The number of nitrogens with zero attached hydrogens (tertiary/aromatic N) is 2. The van der Waals surface area contributed by atoms with Gasteiger partial charge in [0.1, 0.15) is 0 Å². The van der Waals surface area contributed by atoms with Gasteiger partial charge in [-0.15, -0.1) is 0 Å². The first-order valence-corrected chi connectivity index (χ1v) is 6.28. The van der Waals surface area contributed by atoms with Crippen molar-refractivity contribution in [2.45, 2.75) is 37.6 Å². The molecule has 0 aromatic carbocycles. The molecule has 100 valence electrons. The van der Waals surface area contributed by atoms with Crippen molar-refractivity contribution < 1.29 is 9.50 Å². The summed E-state index contributed by atoms with van der Waals surface area (Å²) in [6, 6.07) is 0. The molecule has 1 saturated carbocycles. The van der Waals surface area contributed by atoms with Gasteiger partial charge in [0.2, 0.25) is 5.95 Å². The van der Waals surface area contributed by atoms with E-state index in [2.05, 4.69) is 20.6 Å². The molecule has 1 aromatic rings. The summed E-state index contributed by atoms with van der Waals surface area (Å²) in [6.45, 7) is -0.00860. The number of hydrogen-bond donors (Lipinski definition) is 3. The highest BCUT2D eigenvalue weighted by Gasteiger charge is 2.32. The molecule has 1 heterocycles. The van der Waals surface area contributed by atoms with E-state index < -0.39 is 11.4 Å². The molecule has 5 nitrogen and oxygen atoms in total. The van der Waals surface area contributed by atoms with Gasteiger partial charge in [-0.1, -0.05) is 19.3 Å². The number of aliphatic hydroxyl groups is 1. The minimum atomic E-state index is -0.493. The fourth-order valence-electron chi connectivity index (χ4n) is 2.38. The molecule has 1 aliphatic rings. The quantitative estimate of drug-likeness (QED) is 0.764. The summed E-state index contributed by atoms with van der Waals surface area (Å²) in [4.78, 5) is 7.86. The highest BCUT2D eigenvalue weighted by Crippen LogP contribution is 2.31. The van der Waals surface area contributed by atoms with E-state index in [-0.39, 0.29) is 12.4 Å². The Bertz CT molecular complexity index is 407. The van der Waals surface area contributed by atoms with Crippen LogP contribution in [0.4, 0.5) is 16.2 Å². The predicted molar refractivity (Wildman–Crippen MR) is 68.1 cm³/mol. The lowest BCUT2D eigenvalue weighted by Crippen LogP contribution is -2.44. The molecule has 0 spiro atoms. The molecule has 0 radical (unpaired) electrons. The van der Waals surface area contributed by atoms with Gasteiger partial charge in [-0.05, 0) is 12.8 Å². The van der Waals surface area contributed by atoms with E-state index in [1.165, 1.54) is 0 Å². The van der Waals surface area contributed by atoms with Crippen molar-refractivity contribution in [3.8, 4) is 0 Å². The predicted octanol–water partition coefficient (Wildman–Crippen LogP) is 1.76. The Balaban J connectivity index is 2.20. The molecule has 3 N–H and O–H groups in total. The van der Waals surface area contributed by atoms with Gasteiger partial charge >= 0.3 is 0 Å². The molecule has 0 aliphatic heterocycles. The van der Waals surface area contributed by atoms with E-state index in [1.807, 2.05) is 0 Å². The Hall–Kier alpha value is -1.43. The zero-order valence-corrected chi connectivity index (χ0v) is 10.5. The third kappa shape index (κ3) is 2.69. The lowest BCUT2D eigenvalue weighted by molar-refractivity contribution is 0.172. The first-order chi connectivity index (χ1) is 8.69. The van der Waals surface area contributed by atoms with Gasteiger partial charge in [-0.25, -0.2) is 9.37 Å². The van der Waals surface area contributed by atoms with Crippen LogP contribution in [0.5, 0.6) is 0 Å². The van der Waals surface area contributed by atoms with Gasteiger partial charge in [0.05, 0.1) is 18.3 Å². The van der Waals surface area contributed by atoms with Crippen molar-refractivity contribution >= 4 is 11.8 Å². The van der Waals surface area contributed by atoms with Crippen molar-refractivity contribution in [3.63, 3.8) is 0 Å². The average molecular weight is 254 g/mol. The van der Waals surface area contributed by atoms with E-state index in [9.17, 15) is 9.50 Å². The topological polar surface area (TPSA) is 70.1 Å². The van der Waals surface area contributed by atoms with Crippen LogP contribution in [-0.2, 0) is 0 Å². The molecule has 0 atom stereocenters. The van der Waals surface area contributed by atoms with Crippen LogP contribution in [0.2, 0.25) is 0 Å². The second kappa shape index (κ2) is 5.48. The maximum atomic E-state index is 13.7. The van der Waals surface area contributed by atoms with Gasteiger partial charge in [0.15, 0.2) is 11.6 Å². The number of aliphatic hydroxyl groups excluding tert-OH is 1. The number of nitrogens with one attached hydrogen (secondary N) is 2. The average Bonchev–Trinajstić information content (AvgIpc) is 2.42. The Labute approximate surface area is 106 Å². The number of rotatable bonds is 4. The van der Waals surface area contributed by atoms with Crippen molar-refractivity contribution in [1.29, 1.82) is 0 Å². The van der Waals surface area contributed by atoms with Crippen LogP contribution in [0.1, 0.15) is 32.1 Å². The second-order valence-electron chi connectivity index (χ2n) is 4.76. The Morgan fingerprint density at radius 3 is 2.72 bits per heavy atom. The molecule has 0 amide bonds. The summed E-state index contributed by atoms with van der Waals surface area (Å²) in [6.07, 6.45) is 6.05. The molecule has 0 unspecified atom stereocenters. The van der Waals surface area contributed by atoms with E-state index in [4.69, 9.17) is 0 Å². The lowest BCUT2D eigenvalue weighted by atomic mass is 9.82. The highest BCUT2D eigenvalue weighted by atomic mass is 19.1. The number of anilines is 2. The summed E-state index contributed by atoms with van der Waals surface area (Å²) in [5, 5.41) is 15.4. The van der Waals surface area contributed by atoms with E-state index in [0.717, 1.165) is 38.3 Å². The molecule has 0 saturated heterocycles. The van der Waals surface area contributed by atoms with Crippen LogP contribution in [0.25, 0.3) is 0 Å². The number of aromatic nitrogens is 2. The normalized spacial score (nSPS) is 18.4. The Morgan fingerprint density at radius 2 is 2.11 bits per heavy atom. The number of hydrogen-bond acceptors (Lipinski definition) is 5. The van der Waals surface area contributed by atoms with Crippen LogP contribution < -0.4 is 10.6 Å². The standard InChI is InChI=1S/C12H19FN4O/c1-14-11-15-7-9(13)10(16-11)17-12(8-18)5-3-2-4-6-12/h7,18H,2-6,8H2,1H3,(H2,14,15,16,17). The van der Waals surface area contributed by atoms with Gasteiger partial charge in [-0.3, -0.25) is 0 Å². The summed E-state index contributed by atoms with van der Waals surface area (Å²) in [7, 11) is 1.68. The minimum Gasteiger partial charge on any atom is -0.394 e. The molecule has 1 fully saturated rings. The molecular formula is C12H19FN4O. The van der Waals surface area contributed by atoms with Gasteiger partial charge < -0.3 is 15.7 Å². The molecule has 6 heteroatoms. The van der Waals surface area contributed by atoms with Crippen molar-refractivity contribution in [3.05, 3.63) is 12.0 Å². The zero-order valence-electron chi connectivity index (χ0n) is 10.5. The maximum Gasteiger partial charge on any atom is 0.224 e. The minimum absolute atomic E-state index is 0.00860. The molecular weight excluding hydrogens is 235 g/mol. The Kier molecular flexibility index (Phi) is 3.96. The van der Waals surface area contributed by atoms with E-state index >= 15 is 0 Å². The fourth-order valence-corrected chi connectivity index (χ4v) is 2.38. The monoisotopic (exact) mass is 254 g/mol.